The molecular formula is C13H21BrN2O2S2. The van der Waals surface area contributed by atoms with E-state index in [0.29, 0.717) is 18.0 Å². The highest BCUT2D eigenvalue weighted by atomic mass is 79.9. The summed E-state index contributed by atoms with van der Waals surface area (Å²) in [5, 5.41) is 3.41. The molecule has 20 heavy (non-hydrogen) atoms. The van der Waals surface area contributed by atoms with Gasteiger partial charge in [0.15, 0.2) is 0 Å². The smallest absolute Gasteiger partial charge is 0.244 e. The number of sulfonamides is 1. The van der Waals surface area contributed by atoms with Crippen LogP contribution in [0, 0.1) is 6.92 Å². The van der Waals surface area contributed by atoms with Crippen LogP contribution in [-0.4, -0.2) is 38.4 Å². The van der Waals surface area contributed by atoms with Crippen LogP contribution in [0.25, 0.3) is 0 Å². The number of rotatable bonds is 5. The highest BCUT2D eigenvalue weighted by Crippen LogP contribution is 2.31. The van der Waals surface area contributed by atoms with Crippen LogP contribution in [0.15, 0.2) is 14.7 Å². The van der Waals surface area contributed by atoms with Crippen LogP contribution in [0.5, 0.6) is 0 Å². The second-order valence-electron chi connectivity index (χ2n) is 5.07. The van der Waals surface area contributed by atoms with E-state index in [9.17, 15) is 8.42 Å². The zero-order valence-corrected chi connectivity index (χ0v) is 15.1. The largest absolute Gasteiger partial charge is 0.313 e. The minimum Gasteiger partial charge on any atom is -0.313 e. The number of likely N-dealkylation sites (N-methyl/N-ethyl adjacent to an activating group) is 1. The Morgan fingerprint density at radius 2 is 2.25 bits per heavy atom. The van der Waals surface area contributed by atoms with Crippen molar-refractivity contribution in [2.45, 2.75) is 44.0 Å². The van der Waals surface area contributed by atoms with Crippen molar-refractivity contribution < 1.29 is 8.42 Å². The van der Waals surface area contributed by atoms with Crippen molar-refractivity contribution in [3.63, 3.8) is 0 Å². The number of nitrogens with zero attached hydrogens (tertiary/aromatic N) is 1. The Morgan fingerprint density at radius 1 is 1.50 bits per heavy atom. The molecule has 0 aromatic carbocycles. The molecule has 1 atom stereocenters. The van der Waals surface area contributed by atoms with Crippen molar-refractivity contribution in [2.75, 3.05) is 19.6 Å². The molecule has 1 aliphatic heterocycles. The molecule has 1 aliphatic rings. The predicted molar refractivity (Wildman–Crippen MR) is 86.8 cm³/mol. The van der Waals surface area contributed by atoms with E-state index in [1.165, 1.54) is 24.2 Å². The summed E-state index contributed by atoms with van der Waals surface area (Å²) in [6, 6.07) is 1.99. The van der Waals surface area contributed by atoms with Gasteiger partial charge < -0.3 is 5.32 Å². The monoisotopic (exact) mass is 380 g/mol. The quantitative estimate of drug-likeness (QED) is 0.853. The van der Waals surface area contributed by atoms with Crippen LogP contribution in [0.4, 0.5) is 0 Å². The first-order valence-electron chi connectivity index (χ1n) is 6.94. The number of aryl methyl sites for hydroxylation is 1. The molecule has 1 saturated heterocycles. The molecule has 0 bridgehead atoms. The van der Waals surface area contributed by atoms with E-state index in [-0.39, 0.29) is 6.04 Å². The first-order valence-corrected chi connectivity index (χ1v) is 9.99. The number of hydrogen-bond donors (Lipinski definition) is 1. The topological polar surface area (TPSA) is 49.4 Å². The Bertz CT molecular complexity index is 551. The summed E-state index contributed by atoms with van der Waals surface area (Å²) in [7, 11) is -3.39. The lowest BCUT2D eigenvalue weighted by Gasteiger charge is -2.29. The van der Waals surface area contributed by atoms with Crippen LogP contribution >= 0.6 is 27.3 Å². The fraction of sp³-hybridized carbons (Fsp3) is 0.692. The average Bonchev–Trinajstić information content (AvgIpc) is 2.76. The maximum absolute atomic E-state index is 12.8. The van der Waals surface area contributed by atoms with Gasteiger partial charge in [-0.25, -0.2) is 8.42 Å². The highest BCUT2D eigenvalue weighted by Gasteiger charge is 2.29. The van der Waals surface area contributed by atoms with Crippen molar-refractivity contribution in [2.24, 2.45) is 0 Å². The second-order valence-corrected chi connectivity index (χ2v) is 9.62. The Labute approximate surface area is 133 Å². The number of piperidine rings is 1. The van der Waals surface area contributed by atoms with E-state index in [0.717, 1.165) is 21.6 Å². The molecule has 0 spiro atoms. The van der Waals surface area contributed by atoms with Gasteiger partial charge in [-0.05, 0) is 48.3 Å². The van der Waals surface area contributed by atoms with Crippen LogP contribution in [0.3, 0.4) is 0 Å². The van der Waals surface area contributed by atoms with Crippen molar-refractivity contribution in [3.8, 4) is 0 Å². The Hall–Kier alpha value is 0.0500. The fourth-order valence-corrected chi connectivity index (χ4v) is 6.43. The lowest BCUT2D eigenvalue weighted by Crippen LogP contribution is -2.45. The summed E-state index contributed by atoms with van der Waals surface area (Å²) in [4.78, 5) is 1.28. The normalized spacial score (nSPS) is 20.5. The molecule has 0 radical (unpaired) electrons. The molecular weight excluding hydrogens is 360 g/mol. The minimum atomic E-state index is -3.39. The first kappa shape index (κ1) is 16.4. The number of hydrogen-bond acceptors (Lipinski definition) is 4. The van der Waals surface area contributed by atoms with E-state index in [1.807, 2.05) is 13.8 Å². The molecule has 0 saturated carbocycles. The van der Waals surface area contributed by atoms with Crippen molar-refractivity contribution in [1.29, 1.82) is 0 Å². The first-order chi connectivity index (χ1) is 9.45. The number of nitrogens with one attached hydrogen (secondary N) is 1. The molecule has 2 heterocycles. The molecule has 1 aromatic rings. The summed E-state index contributed by atoms with van der Waals surface area (Å²) in [5.41, 5.74) is 0. The van der Waals surface area contributed by atoms with Crippen molar-refractivity contribution >= 4 is 37.3 Å². The zero-order chi connectivity index (χ0) is 14.8. The Kier molecular flexibility index (Phi) is 5.64. The molecule has 0 amide bonds. The van der Waals surface area contributed by atoms with Gasteiger partial charge in [-0.1, -0.05) is 13.3 Å². The van der Waals surface area contributed by atoms with Gasteiger partial charge >= 0.3 is 0 Å². The molecule has 4 nitrogen and oxygen atoms in total. The van der Waals surface area contributed by atoms with E-state index < -0.39 is 10.0 Å². The summed E-state index contributed by atoms with van der Waals surface area (Å²) in [6.07, 6.45) is 3.42. The molecule has 1 unspecified atom stereocenters. The fourth-order valence-electron chi connectivity index (χ4n) is 2.55. The molecule has 1 N–H and O–H groups in total. The van der Waals surface area contributed by atoms with E-state index >= 15 is 0 Å². The van der Waals surface area contributed by atoms with Gasteiger partial charge in [0, 0.05) is 24.0 Å². The van der Waals surface area contributed by atoms with Gasteiger partial charge in [0.25, 0.3) is 0 Å². The van der Waals surface area contributed by atoms with Gasteiger partial charge in [0.05, 0.1) is 8.68 Å². The summed E-state index contributed by atoms with van der Waals surface area (Å²) in [5.74, 6) is 0. The third kappa shape index (κ3) is 3.62. The Morgan fingerprint density at radius 3 is 2.75 bits per heavy atom. The maximum atomic E-state index is 12.8. The van der Waals surface area contributed by atoms with Gasteiger partial charge in [-0.15, -0.1) is 11.3 Å². The predicted octanol–water partition coefficient (Wildman–Crippen LogP) is 2.97. The number of thiophene rings is 1. The molecule has 0 aliphatic carbocycles. The van der Waals surface area contributed by atoms with E-state index in [2.05, 4.69) is 21.2 Å². The standard InChI is InChI=1S/C13H21BrN2O2S2/c1-3-16(9-11-6-4-5-7-15-11)20(17,18)12-8-13(14)19-10(12)2/h8,11,15H,3-7,9H2,1-2H3. The van der Waals surface area contributed by atoms with Gasteiger partial charge in [0.2, 0.25) is 10.0 Å². The molecule has 7 heteroatoms. The van der Waals surface area contributed by atoms with Gasteiger partial charge in [-0.2, -0.15) is 4.31 Å². The molecule has 1 aromatic heterocycles. The second kappa shape index (κ2) is 6.87. The maximum Gasteiger partial charge on any atom is 0.244 e. The van der Waals surface area contributed by atoms with Crippen LogP contribution in [-0.2, 0) is 10.0 Å². The third-order valence-corrected chi connectivity index (χ3v) is 7.40. The van der Waals surface area contributed by atoms with Gasteiger partial charge in [-0.3, -0.25) is 0 Å². The van der Waals surface area contributed by atoms with Crippen molar-refractivity contribution in [1.82, 2.24) is 9.62 Å². The molecule has 1 fully saturated rings. The summed E-state index contributed by atoms with van der Waals surface area (Å²) < 4.78 is 28.0. The van der Waals surface area contributed by atoms with E-state index in [1.54, 1.807) is 10.4 Å². The Balaban J connectivity index is 2.18. The van der Waals surface area contributed by atoms with Crippen LogP contribution in [0.2, 0.25) is 0 Å². The lowest BCUT2D eigenvalue weighted by molar-refractivity contribution is 0.319. The van der Waals surface area contributed by atoms with Gasteiger partial charge in [0.1, 0.15) is 0 Å². The highest BCUT2D eigenvalue weighted by molar-refractivity contribution is 9.11. The molecule has 114 valence electrons. The van der Waals surface area contributed by atoms with E-state index in [4.69, 9.17) is 0 Å². The summed E-state index contributed by atoms with van der Waals surface area (Å²) in [6.45, 7) is 5.82. The average molecular weight is 381 g/mol. The van der Waals surface area contributed by atoms with Crippen molar-refractivity contribution in [3.05, 3.63) is 14.7 Å². The zero-order valence-electron chi connectivity index (χ0n) is 11.9. The SMILES string of the molecule is CCN(CC1CCCCN1)S(=O)(=O)c1cc(Br)sc1C. The molecule has 2 rings (SSSR count). The lowest BCUT2D eigenvalue weighted by atomic mass is 10.1. The van der Waals surface area contributed by atoms with Crippen LogP contribution < -0.4 is 5.32 Å². The summed E-state index contributed by atoms with van der Waals surface area (Å²) >= 11 is 4.83. The van der Waals surface area contributed by atoms with Crippen LogP contribution in [0.1, 0.15) is 31.1 Å². The minimum absolute atomic E-state index is 0.279. The third-order valence-electron chi connectivity index (χ3n) is 3.65. The number of halogens is 1.